The van der Waals surface area contributed by atoms with Crippen molar-refractivity contribution >= 4 is 46.2 Å². The van der Waals surface area contributed by atoms with E-state index >= 15 is 0 Å². The quantitative estimate of drug-likeness (QED) is 0.448. The zero-order valence-corrected chi connectivity index (χ0v) is 16.2. The lowest BCUT2D eigenvalue weighted by atomic mass is 10.3. The molecule has 0 unspecified atom stereocenters. The van der Waals surface area contributed by atoms with Gasteiger partial charge in [-0.3, -0.25) is 0 Å². The fraction of sp³-hybridized carbons (Fsp3) is 0.286. The predicted molar refractivity (Wildman–Crippen MR) is 103 cm³/mol. The fourth-order valence-electron chi connectivity index (χ4n) is 2.03. The normalized spacial score (nSPS) is 12.2. The van der Waals surface area contributed by atoms with Gasteiger partial charge in [0.15, 0.2) is 10.0 Å². The van der Waals surface area contributed by atoms with Gasteiger partial charge in [0.25, 0.3) is 0 Å². The van der Waals surface area contributed by atoms with Crippen molar-refractivity contribution in [3.05, 3.63) is 21.1 Å². The number of aromatic nitrogens is 2. The van der Waals surface area contributed by atoms with Gasteiger partial charge in [0.1, 0.15) is 0 Å². The van der Waals surface area contributed by atoms with E-state index in [9.17, 15) is 9.59 Å². The lowest BCUT2D eigenvalue weighted by Crippen LogP contribution is -2.25. The Bertz CT molecular complexity index is 838. The molecule has 0 aliphatic heterocycles. The van der Waals surface area contributed by atoms with Crippen molar-refractivity contribution in [1.29, 1.82) is 0 Å². The first kappa shape index (κ1) is 19.5. The topological polar surface area (TPSA) is 161 Å². The molecular formula is C14H18N8O2S2. The number of carbonyl (C=O) groups excluding carboxylic acids is 2. The van der Waals surface area contributed by atoms with E-state index in [4.69, 9.17) is 11.5 Å². The van der Waals surface area contributed by atoms with E-state index in [1.54, 1.807) is 13.8 Å². The molecule has 10 nitrogen and oxygen atoms in total. The maximum absolute atomic E-state index is 10.8. The molecule has 2 heterocycles. The SMILES string of the molecule is C/C(=N\NC(N)=O)c1sc(-c2nc(C)c(/C(C)=N/NC(N)=O)s2)nc1C. The summed E-state index contributed by atoms with van der Waals surface area (Å²) < 4.78 is 0. The Hall–Kier alpha value is -2.86. The van der Waals surface area contributed by atoms with Crippen molar-refractivity contribution in [2.45, 2.75) is 27.7 Å². The number of hydrazone groups is 2. The molecule has 12 heteroatoms. The zero-order chi connectivity index (χ0) is 19.4. The van der Waals surface area contributed by atoms with Gasteiger partial charge in [-0.2, -0.15) is 10.2 Å². The minimum atomic E-state index is -0.730. The molecule has 0 atom stereocenters. The van der Waals surface area contributed by atoms with E-state index in [0.29, 0.717) is 11.4 Å². The van der Waals surface area contributed by atoms with Crippen molar-refractivity contribution in [2.24, 2.45) is 21.7 Å². The van der Waals surface area contributed by atoms with Crippen molar-refractivity contribution < 1.29 is 9.59 Å². The molecular weight excluding hydrogens is 376 g/mol. The number of urea groups is 2. The van der Waals surface area contributed by atoms with Gasteiger partial charge >= 0.3 is 12.1 Å². The molecule has 26 heavy (non-hydrogen) atoms. The largest absolute Gasteiger partial charge is 0.350 e. The maximum atomic E-state index is 10.8. The van der Waals surface area contributed by atoms with Crippen LogP contribution in [0, 0.1) is 13.8 Å². The van der Waals surface area contributed by atoms with Crippen LogP contribution >= 0.6 is 22.7 Å². The van der Waals surface area contributed by atoms with E-state index in [0.717, 1.165) is 31.2 Å². The molecule has 138 valence electrons. The van der Waals surface area contributed by atoms with Crippen LogP contribution in [0.4, 0.5) is 9.59 Å². The molecule has 0 saturated heterocycles. The van der Waals surface area contributed by atoms with Crippen LogP contribution in [0.5, 0.6) is 0 Å². The molecule has 0 spiro atoms. The Labute approximate surface area is 157 Å². The van der Waals surface area contributed by atoms with Crippen LogP contribution in [0.1, 0.15) is 35.0 Å². The number of hydrogen-bond donors (Lipinski definition) is 4. The molecule has 0 bridgehead atoms. The van der Waals surface area contributed by atoms with Crippen LogP contribution in [0.15, 0.2) is 10.2 Å². The molecule has 6 N–H and O–H groups in total. The first-order chi connectivity index (χ1) is 12.2. The van der Waals surface area contributed by atoms with Gasteiger partial charge in [0.05, 0.1) is 32.6 Å². The van der Waals surface area contributed by atoms with Gasteiger partial charge in [-0.15, -0.1) is 22.7 Å². The number of hydrogen-bond acceptors (Lipinski definition) is 8. The molecule has 4 amide bonds. The van der Waals surface area contributed by atoms with E-state index in [1.165, 1.54) is 22.7 Å². The van der Waals surface area contributed by atoms with Crippen molar-refractivity contribution in [1.82, 2.24) is 20.8 Å². The Balaban J connectivity index is 2.33. The fourth-order valence-corrected chi connectivity index (χ4v) is 4.07. The van der Waals surface area contributed by atoms with Crippen molar-refractivity contribution in [2.75, 3.05) is 0 Å². The van der Waals surface area contributed by atoms with Gasteiger partial charge in [-0.1, -0.05) is 0 Å². The van der Waals surface area contributed by atoms with Gasteiger partial charge in [-0.05, 0) is 27.7 Å². The number of thiazole rings is 2. The monoisotopic (exact) mass is 394 g/mol. The van der Waals surface area contributed by atoms with E-state index in [2.05, 4.69) is 31.0 Å². The van der Waals surface area contributed by atoms with Crippen LogP contribution in [0.3, 0.4) is 0 Å². The van der Waals surface area contributed by atoms with Crippen LogP contribution in [-0.4, -0.2) is 33.5 Å². The molecule has 0 aromatic carbocycles. The zero-order valence-electron chi connectivity index (χ0n) is 14.6. The van der Waals surface area contributed by atoms with Crippen molar-refractivity contribution in [3.8, 4) is 10.0 Å². The van der Waals surface area contributed by atoms with Crippen LogP contribution in [0.25, 0.3) is 10.0 Å². The van der Waals surface area contributed by atoms with Gasteiger partial charge in [0.2, 0.25) is 0 Å². The summed E-state index contributed by atoms with van der Waals surface area (Å²) >= 11 is 2.82. The number of amides is 4. The highest BCUT2D eigenvalue weighted by atomic mass is 32.1. The Morgan fingerprint density at radius 3 is 1.50 bits per heavy atom. The molecule has 0 aliphatic carbocycles. The minimum Gasteiger partial charge on any atom is -0.350 e. The van der Waals surface area contributed by atoms with Gasteiger partial charge < -0.3 is 11.5 Å². The smallest absolute Gasteiger partial charge is 0.332 e. The van der Waals surface area contributed by atoms with E-state index in [1.807, 2.05) is 13.8 Å². The Kier molecular flexibility index (Phi) is 6.00. The third kappa shape index (κ3) is 4.61. The second-order valence-corrected chi connectivity index (χ2v) is 7.21. The summed E-state index contributed by atoms with van der Waals surface area (Å²) in [5.41, 5.74) is 17.2. The third-order valence-corrected chi connectivity index (χ3v) is 5.78. The second-order valence-electron chi connectivity index (χ2n) is 5.21. The van der Waals surface area contributed by atoms with Crippen LogP contribution in [0.2, 0.25) is 0 Å². The first-order valence-electron chi connectivity index (χ1n) is 7.34. The number of rotatable bonds is 5. The number of nitrogens with zero attached hydrogens (tertiary/aromatic N) is 4. The summed E-state index contributed by atoms with van der Waals surface area (Å²) in [5.74, 6) is 0. The summed E-state index contributed by atoms with van der Waals surface area (Å²) in [7, 11) is 0. The summed E-state index contributed by atoms with van der Waals surface area (Å²) in [6, 6.07) is -1.46. The molecule has 0 fully saturated rings. The van der Waals surface area contributed by atoms with E-state index < -0.39 is 12.1 Å². The van der Waals surface area contributed by atoms with Crippen LogP contribution < -0.4 is 22.3 Å². The summed E-state index contributed by atoms with van der Waals surface area (Å²) in [5, 5.41) is 9.30. The average molecular weight is 394 g/mol. The third-order valence-electron chi connectivity index (χ3n) is 3.10. The number of carbonyl (C=O) groups is 2. The Morgan fingerprint density at radius 1 is 0.846 bits per heavy atom. The summed E-state index contributed by atoms with van der Waals surface area (Å²) in [6.07, 6.45) is 0. The number of nitrogens with two attached hydrogens (primary N) is 2. The lowest BCUT2D eigenvalue weighted by molar-refractivity contribution is 0.248. The molecule has 0 aliphatic rings. The number of nitrogens with one attached hydrogen (secondary N) is 2. The predicted octanol–water partition coefficient (Wildman–Crippen LogP) is 1.67. The first-order valence-corrected chi connectivity index (χ1v) is 8.97. The molecule has 2 aromatic heterocycles. The Morgan fingerprint density at radius 2 is 1.19 bits per heavy atom. The number of aryl methyl sites for hydroxylation is 2. The van der Waals surface area contributed by atoms with Crippen LogP contribution in [-0.2, 0) is 0 Å². The number of primary amides is 2. The molecule has 0 saturated carbocycles. The molecule has 2 aromatic rings. The molecule has 0 radical (unpaired) electrons. The van der Waals surface area contributed by atoms with Gasteiger partial charge in [0, 0.05) is 0 Å². The lowest BCUT2D eigenvalue weighted by Gasteiger charge is -1.97. The van der Waals surface area contributed by atoms with Gasteiger partial charge in [-0.25, -0.2) is 30.4 Å². The highest BCUT2D eigenvalue weighted by Gasteiger charge is 2.18. The average Bonchev–Trinajstić information content (AvgIpc) is 3.13. The highest BCUT2D eigenvalue weighted by molar-refractivity contribution is 7.23. The van der Waals surface area contributed by atoms with E-state index in [-0.39, 0.29) is 0 Å². The highest BCUT2D eigenvalue weighted by Crippen LogP contribution is 2.33. The second kappa shape index (κ2) is 8.01. The minimum absolute atomic E-state index is 0.599. The summed E-state index contributed by atoms with van der Waals surface area (Å²) in [4.78, 5) is 32.3. The summed E-state index contributed by atoms with van der Waals surface area (Å²) in [6.45, 7) is 7.21. The van der Waals surface area contributed by atoms with Crippen molar-refractivity contribution in [3.63, 3.8) is 0 Å². The standard InChI is InChI=1S/C14H18N8O2S2/c1-5-9(7(3)19-21-13(15)23)25-11(17-5)12-18-6(2)10(26-12)8(4)20-22-14(16)24/h1-4H3,(H3,15,21,23)(H3,16,22,24)/b19-7+,20-8+. The maximum Gasteiger partial charge on any atom is 0.332 e. The molecule has 2 rings (SSSR count).